The molecule has 0 bridgehead atoms. The Balaban J connectivity index is 1.90. The molecule has 4 atom stereocenters. The fourth-order valence-electron chi connectivity index (χ4n) is 4.56. The van der Waals surface area contributed by atoms with E-state index in [1.807, 2.05) is 47.4 Å². The highest BCUT2D eigenvalue weighted by Gasteiger charge is 2.32. The van der Waals surface area contributed by atoms with E-state index >= 15 is 0 Å². The Kier molecular flexibility index (Phi) is 10.0. The Labute approximate surface area is 218 Å². The number of nitrogens with zero attached hydrogens (tertiary/aromatic N) is 1. The summed E-state index contributed by atoms with van der Waals surface area (Å²) in [7, 11) is 1.28. The number of esters is 1. The summed E-state index contributed by atoms with van der Waals surface area (Å²) in [5.41, 5.74) is 1.02. The highest BCUT2D eigenvalue weighted by molar-refractivity contribution is 5.91. The van der Waals surface area contributed by atoms with Gasteiger partial charge in [-0.15, -0.1) is 0 Å². The Morgan fingerprint density at radius 3 is 2.51 bits per heavy atom. The molecule has 2 aromatic rings. The van der Waals surface area contributed by atoms with Gasteiger partial charge in [-0.2, -0.15) is 0 Å². The lowest BCUT2D eigenvalue weighted by Gasteiger charge is -2.34. The van der Waals surface area contributed by atoms with Crippen molar-refractivity contribution in [3.63, 3.8) is 0 Å². The summed E-state index contributed by atoms with van der Waals surface area (Å²) >= 11 is 0. The lowest BCUT2D eigenvalue weighted by atomic mass is 10.00. The summed E-state index contributed by atoms with van der Waals surface area (Å²) in [4.78, 5) is 51.7. The zero-order valence-corrected chi connectivity index (χ0v) is 22.1. The maximum Gasteiger partial charge on any atom is 0.328 e. The van der Waals surface area contributed by atoms with Crippen LogP contribution in [0.25, 0.3) is 10.8 Å². The Morgan fingerprint density at radius 1 is 1.11 bits per heavy atom. The molecule has 3 rings (SSSR count). The third-order valence-electron chi connectivity index (χ3n) is 6.92. The topological polar surface area (TPSA) is 117 Å². The molecule has 9 heteroatoms. The van der Waals surface area contributed by atoms with Gasteiger partial charge in [0, 0.05) is 13.0 Å². The van der Waals surface area contributed by atoms with Crippen molar-refractivity contribution >= 4 is 34.5 Å². The predicted octanol–water partition coefficient (Wildman–Crippen LogP) is 2.48. The molecule has 200 valence electrons. The van der Waals surface area contributed by atoms with Crippen LogP contribution in [0.3, 0.4) is 0 Å². The zero-order valence-electron chi connectivity index (χ0n) is 22.1. The third-order valence-corrected chi connectivity index (χ3v) is 6.92. The van der Waals surface area contributed by atoms with Crippen molar-refractivity contribution in [2.45, 2.75) is 71.2 Å². The fraction of sp³-hybridized carbons (Fsp3) is 0.500. The highest BCUT2D eigenvalue weighted by Crippen LogP contribution is 2.23. The number of hydrogen-bond donors (Lipinski definition) is 3. The van der Waals surface area contributed by atoms with Gasteiger partial charge in [-0.3, -0.25) is 19.3 Å². The molecule has 1 aliphatic heterocycles. The van der Waals surface area contributed by atoms with E-state index in [4.69, 9.17) is 4.74 Å². The zero-order chi connectivity index (χ0) is 26.9. The number of amides is 3. The van der Waals surface area contributed by atoms with Gasteiger partial charge in [0.15, 0.2) is 0 Å². The Bertz CT molecular complexity index is 1120. The molecule has 9 nitrogen and oxygen atoms in total. The molecule has 1 heterocycles. The number of fused-ring (bicyclic) bond motifs is 1. The van der Waals surface area contributed by atoms with Gasteiger partial charge in [-0.1, -0.05) is 62.7 Å². The monoisotopic (exact) mass is 510 g/mol. The van der Waals surface area contributed by atoms with Crippen molar-refractivity contribution in [3.8, 4) is 0 Å². The first kappa shape index (κ1) is 28.1. The first-order valence-electron chi connectivity index (χ1n) is 12.9. The minimum absolute atomic E-state index is 0.0387. The van der Waals surface area contributed by atoms with Crippen LogP contribution in [0.2, 0.25) is 0 Å². The van der Waals surface area contributed by atoms with Crippen molar-refractivity contribution < 1.29 is 23.9 Å². The minimum Gasteiger partial charge on any atom is -0.467 e. The van der Waals surface area contributed by atoms with Gasteiger partial charge in [0.1, 0.15) is 12.1 Å². The van der Waals surface area contributed by atoms with Crippen molar-refractivity contribution in [3.05, 3.63) is 48.0 Å². The molecule has 1 aliphatic rings. The van der Waals surface area contributed by atoms with E-state index in [2.05, 4.69) is 29.8 Å². The molecule has 1 saturated heterocycles. The molecule has 0 aromatic heterocycles. The molecule has 0 saturated carbocycles. The number of carbonyl (C=O) groups is 4. The van der Waals surface area contributed by atoms with Gasteiger partial charge in [0.2, 0.25) is 17.7 Å². The van der Waals surface area contributed by atoms with Crippen LogP contribution in [-0.2, 0) is 30.5 Å². The van der Waals surface area contributed by atoms with Crippen LogP contribution >= 0.6 is 0 Å². The van der Waals surface area contributed by atoms with Gasteiger partial charge in [-0.05, 0) is 42.0 Å². The molecule has 0 radical (unpaired) electrons. The summed E-state index contributed by atoms with van der Waals surface area (Å²) in [5.74, 6) is -1.01. The highest BCUT2D eigenvalue weighted by atomic mass is 16.5. The first-order chi connectivity index (χ1) is 17.7. The fourth-order valence-corrected chi connectivity index (χ4v) is 4.56. The molecule has 1 fully saturated rings. The van der Waals surface area contributed by atoms with Gasteiger partial charge in [0.05, 0.1) is 19.8 Å². The lowest BCUT2D eigenvalue weighted by Crippen LogP contribution is -2.55. The van der Waals surface area contributed by atoms with Crippen molar-refractivity contribution in [1.29, 1.82) is 0 Å². The normalized spacial score (nSPS) is 17.6. The van der Waals surface area contributed by atoms with E-state index in [0.29, 0.717) is 25.8 Å². The van der Waals surface area contributed by atoms with Crippen LogP contribution in [0.5, 0.6) is 0 Å². The number of methoxy groups -OCH3 is 1. The Hall–Kier alpha value is -3.46. The molecular weight excluding hydrogens is 472 g/mol. The number of ether oxygens (including phenoxy) is 1. The summed E-state index contributed by atoms with van der Waals surface area (Å²) in [6, 6.07) is 12.7. The average molecular weight is 511 g/mol. The third kappa shape index (κ3) is 7.76. The van der Waals surface area contributed by atoms with E-state index in [9.17, 15) is 19.2 Å². The van der Waals surface area contributed by atoms with E-state index in [1.54, 1.807) is 6.92 Å². The van der Waals surface area contributed by atoms with Crippen molar-refractivity contribution in [2.24, 2.45) is 5.92 Å². The second kappa shape index (κ2) is 13.2. The predicted molar refractivity (Wildman–Crippen MR) is 141 cm³/mol. The van der Waals surface area contributed by atoms with E-state index < -0.39 is 24.2 Å². The number of hydrogen-bond acceptors (Lipinski definition) is 6. The number of benzene rings is 2. The maximum atomic E-state index is 13.1. The Morgan fingerprint density at radius 2 is 1.84 bits per heavy atom. The number of carbonyl (C=O) groups excluding carboxylic acids is 4. The summed E-state index contributed by atoms with van der Waals surface area (Å²) < 4.78 is 4.74. The van der Waals surface area contributed by atoms with Crippen molar-refractivity contribution in [1.82, 2.24) is 20.9 Å². The van der Waals surface area contributed by atoms with Crippen LogP contribution in [0.15, 0.2) is 42.5 Å². The molecule has 2 aromatic carbocycles. The van der Waals surface area contributed by atoms with E-state index in [0.717, 1.165) is 22.8 Å². The summed E-state index contributed by atoms with van der Waals surface area (Å²) in [6.07, 6.45) is 1.83. The van der Waals surface area contributed by atoms with Gasteiger partial charge < -0.3 is 20.7 Å². The molecule has 3 N–H and O–H groups in total. The van der Waals surface area contributed by atoms with E-state index in [1.165, 1.54) is 7.11 Å². The average Bonchev–Trinajstić information content (AvgIpc) is 3.33. The minimum atomic E-state index is -0.798. The van der Waals surface area contributed by atoms with E-state index in [-0.39, 0.29) is 30.2 Å². The van der Waals surface area contributed by atoms with Gasteiger partial charge in [0.25, 0.3) is 0 Å². The van der Waals surface area contributed by atoms with Crippen LogP contribution in [0.1, 0.15) is 52.0 Å². The molecule has 1 unspecified atom stereocenters. The van der Waals surface area contributed by atoms with Crippen LogP contribution in [0.4, 0.5) is 0 Å². The molecular formula is C28H38N4O5. The van der Waals surface area contributed by atoms with Gasteiger partial charge in [-0.25, -0.2) is 4.79 Å². The second-order valence-electron chi connectivity index (χ2n) is 9.79. The quantitative estimate of drug-likeness (QED) is 0.298. The SMILES string of the molecule is CC[C@H](C)CC(NC(=O)[C@@H]1CCC(=O)N1)N(CC(=O)N[C@@H](C)C(=O)OC)Cc1cccc2ccccc12. The number of rotatable bonds is 12. The van der Waals surface area contributed by atoms with Crippen LogP contribution in [-0.4, -0.2) is 60.5 Å². The molecule has 3 amide bonds. The van der Waals surface area contributed by atoms with Crippen molar-refractivity contribution in [2.75, 3.05) is 13.7 Å². The maximum absolute atomic E-state index is 13.1. The van der Waals surface area contributed by atoms with Crippen LogP contribution < -0.4 is 16.0 Å². The molecule has 37 heavy (non-hydrogen) atoms. The lowest BCUT2D eigenvalue weighted by molar-refractivity contribution is -0.144. The number of nitrogens with one attached hydrogen (secondary N) is 3. The molecule has 0 spiro atoms. The smallest absolute Gasteiger partial charge is 0.328 e. The molecule has 0 aliphatic carbocycles. The summed E-state index contributed by atoms with van der Waals surface area (Å²) in [6.45, 7) is 6.12. The van der Waals surface area contributed by atoms with Crippen LogP contribution in [0, 0.1) is 5.92 Å². The summed E-state index contributed by atoms with van der Waals surface area (Å²) in [5, 5.41) is 10.7. The second-order valence-corrected chi connectivity index (χ2v) is 9.79. The largest absolute Gasteiger partial charge is 0.467 e. The standard InChI is InChI=1S/C28H38N4O5/c1-5-18(2)15-24(31-27(35)23-13-14-25(33)30-23)32(17-26(34)29-19(3)28(36)37-4)16-21-11-8-10-20-9-6-7-12-22(20)21/h6-12,18-19,23-24H,5,13-17H2,1-4H3,(H,29,34)(H,30,33)(H,31,35)/t18-,19-,23-,24?/m0/s1. The first-order valence-corrected chi connectivity index (χ1v) is 12.9. The van der Waals surface area contributed by atoms with Gasteiger partial charge >= 0.3 is 5.97 Å².